The summed E-state index contributed by atoms with van der Waals surface area (Å²) in [6.45, 7) is 0.510. The minimum absolute atomic E-state index is 0.0862. The van der Waals surface area contributed by atoms with Crippen LogP contribution in [0.4, 0.5) is 5.69 Å². The predicted molar refractivity (Wildman–Crippen MR) is 88.5 cm³/mol. The second-order valence-electron chi connectivity index (χ2n) is 6.44. The molecule has 1 aliphatic heterocycles. The van der Waals surface area contributed by atoms with Crippen molar-refractivity contribution in [1.29, 1.82) is 0 Å². The van der Waals surface area contributed by atoms with Gasteiger partial charge in [-0.1, -0.05) is 12.8 Å². The topological polar surface area (TPSA) is 75.7 Å². The Morgan fingerprint density at radius 3 is 2.46 bits per heavy atom. The smallest absolute Gasteiger partial charge is 0.337 e. The van der Waals surface area contributed by atoms with Crippen molar-refractivity contribution in [2.75, 3.05) is 19.0 Å². The van der Waals surface area contributed by atoms with Crippen LogP contribution in [0.15, 0.2) is 24.3 Å². The molecule has 0 aromatic heterocycles. The van der Waals surface area contributed by atoms with Crippen LogP contribution in [0.2, 0.25) is 0 Å². The first-order chi connectivity index (χ1) is 11.6. The minimum Gasteiger partial charge on any atom is -0.465 e. The molecule has 1 heterocycles. The molecule has 3 rings (SSSR count). The summed E-state index contributed by atoms with van der Waals surface area (Å²) >= 11 is 0. The fraction of sp³-hybridized carbons (Fsp3) is 0.500. The summed E-state index contributed by atoms with van der Waals surface area (Å²) in [5.74, 6) is -0.780. The van der Waals surface area contributed by atoms with Crippen molar-refractivity contribution in [2.45, 2.75) is 38.1 Å². The van der Waals surface area contributed by atoms with Gasteiger partial charge in [-0.2, -0.15) is 0 Å². The van der Waals surface area contributed by atoms with Crippen LogP contribution in [0.5, 0.6) is 0 Å². The third kappa shape index (κ3) is 3.42. The number of anilines is 1. The lowest BCUT2D eigenvalue weighted by Gasteiger charge is -2.23. The SMILES string of the molecule is COC(=O)c1ccc(NC(=O)C2CC(=O)N(C3CCCC3)C2)cc1. The molecule has 24 heavy (non-hydrogen) atoms. The number of nitrogens with zero attached hydrogens (tertiary/aromatic N) is 1. The van der Waals surface area contributed by atoms with Gasteiger partial charge in [0.1, 0.15) is 0 Å². The number of ether oxygens (including phenoxy) is 1. The van der Waals surface area contributed by atoms with Crippen molar-refractivity contribution in [2.24, 2.45) is 5.92 Å². The summed E-state index contributed by atoms with van der Waals surface area (Å²) in [5, 5.41) is 2.83. The molecule has 1 atom stereocenters. The van der Waals surface area contributed by atoms with Gasteiger partial charge in [0.25, 0.3) is 0 Å². The summed E-state index contributed by atoms with van der Waals surface area (Å²) in [5.41, 5.74) is 1.04. The maximum atomic E-state index is 12.4. The predicted octanol–water partition coefficient (Wildman–Crippen LogP) is 2.20. The van der Waals surface area contributed by atoms with Crippen molar-refractivity contribution in [3.63, 3.8) is 0 Å². The fourth-order valence-corrected chi connectivity index (χ4v) is 3.53. The summed E-state index contributed by atoms with van der Waals surface area (Å²) < 4.78 is 4.64. The quantitative estimate of drug-likeness (QED) is 0.859. The van der Waals surface area contributed by atoms with Crippen LogP contribution < -0.4 is 5.32 Å². The number of benzene rings is 1. The second kappa shape index (κ2) is 7.03. The van der Waals surface area contributed by atoms with E-state index >= 15 is 0 Å². The van der Waals surface area contributed by atoms with Gasteiger partial charge in [-0.05, 0) is 37.1 Å². The van der Waals surface area contributed by atoms with Gasteiger partial charge >= 0.3 is 5.97 Å². The average molecular weight is 330 g/mol. The standard InChI is InChI=1S/C18H22N2O4/c1-24-18(23)12-6-8-14(9-7-12)19-17(22)13-10-16(21)20(11-13)15-4-2-3-5-15/h6-9,13,15H,2-5,10-11H2,1H3,(H,19,22). The Morgan fingerprint density at radius 2 is 1.83 bits per heavy atom. The van der Waals surface area contributed by atoms with Crippen molar-refractivity contribution in [3.05, 3.63) is 29.8 Å². The van der Waals surface area contributed by atoms with E-state index in [1.54, 1.807) is 24.3 Å². The lowest BCUT2D eigenvalue weighted by molar-refractivity contribution is -0.129. The van der Waals surface area contributed by atoms with Gasteiger partial charge in [0.15, 0.2) is 0 Å². The number of nitrogens with one attached hydrogen (secondary N) is 1. The fourth-order valence-electron chi connectivity index (χ4n) is 3.53. The Balaban J connectivity index is 1.59. The highest BCUT2D eigenvalue weighted by Gasteiger charge is 2.38. The van der Waals surface area contributed by atoms with Crippen molar-refractivity contribution in [1.82, 2.24) is 4.90 Å². The normalized spacial score (nSPS) is 21.1. The average Bonchev–Trinajstić information content (AvgIpc) is 3.24. The molecule has 0 radical (unpaired) electrons. The van der Waals surface area contributed by atoms with Gasteiger partial charge in [-0.25, -0.2) is 4.79 Å². The molecule has 1 aromatic rings. The molecule has 6 nitrogen and oxygen atoms in total. The number of carbonyl (C=O) groups excluding carboxylic acids is 3. The van der Waals surface area contributed by atoms with E-state index in [0.29, 0.717) is 23.8 Å². The Morgan fingerprint density at radius 1 is 1.17 bits per heavy atom. The van der Waals surface area contributed by atoms with Crippen molar-refractivity contribution >= 4 is 23.5 Å². The molecule has 2 aliphatic rings. The molecule has 2 fully saturated rings. The van der Waals surface area contributed by atoms with Crippen LogP contribution >= 0.6 is 0 Å². The molecule has 128 valence electrons. The van der Waals surface area contributed by atoms with Gasteiger partial charge in [0.2, 0.25) is 11.8 Å². The molecule has 0 bridgehead atoms. The number of carbonyl (C=O) groups is 3. The van der Waals surface area contributed by atoms with E-state index in [-0.39, 0.29) is 24.2 Å². The number of likely N-dealkylation sites (tertiary alicyclic amines) is 1. The zero-order chi connectivity index (χ0) is 17.1. The first kappa shape index (κ1) is 16.5. The van der Waals surface area contributed by atoms with Gasteiger partial charge in [0, 0.05) is 24.7 Å². The summed E-state index contributed by atoms with van der Waals surface area (Å²) in [4.78, 5) is 37.9. The number of amides is 2. The van der Waals surface area contributed by atoms with Crippen LogP contribution in [0.1, 0.15) is 42.5 Å². The van der Waals surface area contributed by atoms with Gasteiger partial charge in [0.05, 0.1) is 18.6 Å². The molecule has 2 amide bonds. The van der Waals surface area contributed by atoms with Crippen molar-refractivity contribution < 1.29 is 19.1 Å². The van der Waals surface area contributed by atoms with E-state index in [1.165, 1.54) is 7.11 Å². The zero-order valence-electron chi connectivity index (χ0n) is 13.8. The molecule has 1 saturated heterocycles. The number of hydrogen-bond donors (Lipinski definition) is 1. The van der Waals surface area contributed by atoms with Crippen molar-refractivity contribution in [3.8, 4) is 0 Å². The summed E-state index contributed by atoms with van der Waals surface area (Å²) in [6.07, 6.45) is 4.71. The first-order valence-corrected chi connectivity index (χ1v) is 8.37. The molecule has 1 aromatic carbocycles. The van der Waals surface area contributed by atoms with E-state index in [1.807, 2.05) is 4.90 Å². The van der Waals surface area contributed by atoms with E-state index < -0.39 is 5.97 Å². The number of methoxy groups -OCH3 is 1. The Bertz CT molecular complexity index is 635. The zero-order valence-corrected chi connectivity index (χ0v) is 13.8. The highest BCUT2D eigenvalue weighted by molar-refractivity contribution is 5.97. The van der Waals surface area contributed by atoms with Crippen LogP contribution in [-0.4, -0.2) is 42.4 Å². The second-order valence-corrected chi connectivity index (χ2v) is 6.44. The van der Waals surface area contributed by atoms with Crippen LogP contribution in [0.25, 0.3) is 0 Å². The van der Waals surface area contributed by atoms with Gasteiger partial charge < -0.3 is 15.0 Å². The van der Waals surface area contributed by atoms with E-state index in [2.05, 4.69) is 10.1 Å². The molecular formula is C18H22N2O4. The highest BCUT2D eigenvalue weighted by atomic mass is 16.5. The van der Waals surface area contributed by atoms with Crippen LogP contribution in [0, 0.1) is 5.92 Å². The Hall–Kier alpha value is -2.37. The summed E-state index contributed by atoms with van der Waals surface area (Å²) in [6, 6.07) is 6.85. The maximum Gasteiger partial charge on any atom is 0.337 e. The molecule has 1 aliphatic carbocycles. The van der Waals surface area contributed by atoms with Crippen LogP contribution in [-0.2, 0) is 14.3 Å². The molecule has 6 heteroatoms. The lowest BCUT2D eigenvalue weighted by Crippen LogP contribution is -2.35. The molecule has 1 N–H and O–H groups in total. The van der Waals surface area contributed by atoms with E-state index in [0.717, 1.165) is 25.7 Å². The Kier molecular flexibility index (Phi) is 4.83. The highest BCUT2D eigenvalue weighted by Crippen LogP contribution is 2.30. The summed E-state index contributed by atoms with van der Waals surface area (Å²) in [7, 11) is 1.32. The third-order valence-electron chi connectivity index (χ3n) is 4.87. The van der Waals surface area contributed by atoms with Gasteiger partial charge in [-0.15, -0.1) is 0 Å². The molecular weight excluding hydrogens is 308 g/mol. The minimum atomic E-state index is -0.415. The van der Waals surface area contributed by atoms with Gasteiger partial charge in [-0.3, -0.25) is 9.59 Å². The molecule has 0 spiro atoms. The largest absolute Gasteiger partial charge is 0.465 e. The number of rotatable bonds is 4. The number of hydrogen-bond acceptors (Lipinski definition) is 4. The maximum absolute atomic E-state index is 12.4. The van der Waals surface area contributed by atoms with E-state index in [9.17, 15) is 14.4 Å². The molecule has 1 unspecified atom stereocenters. The van der Waals surface area contributed by atoms with Crippen LogP contribution in [0.3, 0.4) is 0 Å². The lowest BCUT2D eigenvalue weighted by atomic mass is 10.1. The van der Waals surface area contributed by atoms with E-state index in [4.69, 9.17) is 0 Å². The first-order valence-electron chi connectivity index (χ1n) is 8.37. The number of esters is 1. The molecule has 1 saturated carbocycles. The Labute approximate surface area is 141 Å². The third-order valence-corrected chi connectivity index (χ3v) is 4.87. The monoisotopic (exact) mass is 330 g/mol.